The minimum Gasteiger partial charge on any atom is -0.394 e. The van der Waals surface area contributed by atoms with Crippen LogP contribution in [-0.2, 0) is 14.3 Å². The van der Waals surface area contributed by atoms with Gasteiger partial charge in [-0.2, -0.15) is 0 Å². The summed E-state index contributed by atoms with van der Waals surface area (Å²) in [6.07, 6.45) is 55.4. The van der Waals surface area contributed by atoms with Crippen LogP contribution in [-0.4, -0.2) is 87.5 Å². The number of ether oxygens (including phenoxy) is 2. The second-order valence-electron chi connectivity index (χ2n) is 20.8. The third-order valence-corrected chi connectivity index (χ3v) is 14.3. The van der Waals surface area contributed by atoms with E-state index in [0.29, 0.717) is 6.42 Å². The molecule has 0 saturated carbocycles. The number of aliphatic hydroxyl groups excluding tert-OH is 5. The Morgan fingerprint density at radius 3 is 1.19 bits per heavy atom. The number of unbranched alkanes of at least 4 members (excludes halogenated alkanes) is 39. The fraction of sp³-hybridized carbons (Fsp3) is 0.915. The summed E-state index contributed by atoms with van der Waals surface area (Å²) in [6.45, 7) is 3.81. The number of hydrogen-bond donors (Lipinski definition) is 6. The summed E-state index contributed by atoms with van der Waals surface area (Å²) in [6, 6.07) is -0.803. The molecule has 0 aromatic carbocycles. The molecular formula is C59H113NO8. The first kappa shape index (κ1) is 64.7. The summed E-state index contributed by atoms with van der Waals surface area (Å²) >= 11 is 0. The number of allylic oxidation sites excluding steroid dienone is 3. The lowest BCUT2D eigenvalue weighted by atomic mass is 9.99. The predicted octanol–water partition coefficient (Wildman–Crippen LogP) is 14.6. The first-order chi connectivity index (χ1) is 33.3. The second kappa shape index (κ2) is 49.3. The topological polar surface area (TPSA) is 149 Å². The lowest BCUT2D eigenvalue weighted by Gasteiger charge is -2.40. The summed E-state index contributed by atoms with van der Waals surface area (Å²) in [5.41, 5.74) is 0. The Morgan fingerprint density at radius 1 is 0.485 bits per heavy atom. The number of carbonyl (C=O) groups excluding carboxylic acids is 1. The SMILES string of the molecule is CCCCCCCCCCCCCC/C=C\CCCCCCCCCCCCCCCC(=O)NC(COC1OC(CO)C(O)C(O)C1O)C(O)/C=C/CCCCCCCCCCCCCCCC. The molecule has 0 aromatic rings. The Morgan fingerprint density at radius 2 is 0.824 bits per heavy atom. The van der Waals surface area contributed by atoms with Gasteiger partial charge in [0.1, 0.15) is 24.4 Å². The molecule has 9 heteroatoms. The molecule has 1 saturated heterocycles. The van der Waals surface area contributed by atoms with Gasteiger partial charge in [0.05, 0.1) is 25.4 Å². The molecule has 6 N–H and O–H groups in total. The van der Waals surface area contributed by atoms with Crippen LogP contribution in [0.25, 0.3) is 0 Å². The minimum absolute atomic E-state index is 0.173. The van der Waals surface area contributed by atoms with Crippen LogP contribution in [0.15, 0.2) is 24.3 Å². The maximum Gasteiger partial charge on any atom is 0.220 e. The number of amides is 1. The maximum absolute atomic E-state index is 13.1. The molecule has 68 heavy (non-hydrogen) atoms. The van der Waals surface area contributed by atoms with Gasteiger partial charge in [0, 0.05) is 6.42 Å². The van der Waals surface area contributed by atoms with Crippen LogP contribution in [0.4, 0.5) is 0 Å². The first-order valence-electron chi connectivity index (χ1n) is 29.6. The van der Waals surface area contributed by atoms with E-state index in [1.165, 1.54) is 231 Å². The summed E-state index contributed by atoms with van der Waals surface area (Å²) in [4.78, 5) is 13.1. The van der Waals surface area contributed by atoms with Crippen molar-refractivity contribution in [2.45, 2.75) is 333 Å². The average molecular weight is 965 g/mol. The lowest BCUT2D eigenvalue weighted by Crippen LogP contribution is -2.60. The summed E-state index contributed by atoms with van der Waals surface area (Å²) in [7, 11) is 0. The van der Waals surface area contributed by atoms with Crippen molar-refractivity contribution in [3.05, 3.63) is 24.3 Å². The maximum atomic E-state index is 13.1. The highest BCUT2D eigenvalue weighted by atomic mass is 16.7. The quantitative estimate of drug-likeness (QED) is 0.0261. The Balaban J connectivity index is 2.16. The van der Waals surface area contributed by atoms with Gasteiger partial charge < -0.3 is 40.3 Å². The Hall–Kier alpha value is -1.33. The zero-order chi connectivity index (χ0) is 49.4. The molecule has 1 aliphatic rings. The third kappa shape index (κ3) is 38.4. The highest BCUT2D eigenvalue weighted by Crippen LogP contribution is 2.23. The molecule has 7 unspecified atom stereocenters. The molecule has 1 fully saturated rings. The van der Waals surface area contributed by atoms with E-state index in [1.807, 2.05) is 6.08 Å². The van der Waals surface area contributed by atoms with E-state index < -0.39 is 49.5 Å². The molecule has 0 bridgehead atoms. The fourth-order valence-electron chi connectivity index (χ4n) is 9.57. The van der Waals surface area contributed by atoms with Crippen molar-refractivity contribution < 1.29 is 39.8 Å². The van der Waals surface area contributed by atoms with Crippen LogP contribution in [0.2, 0.25) is 0 Å². The second-order valence-corrected chi connectivity index (χ2v) is 20.8. The van der Waals surface area contributed by atoms with Crippen molar-refractivity contribution in [1.29, 1.82) is 0 Å². The summed E-state index contributed by atoms with van der Waals surface area (Å²) < 4.78 is 11.3. The monoisotopic (exact) mass is 964 g/mol. The van der Waals surface area contributed by atoms with E-state index in [1.54, 1.807) is 6.08 Å². The number of aliphatic hydroxyl groups is 5. The van der Waals surface area contributed by atoms with Gasteiger partial charge in [-0.25, -0.2) is 0 Å². The molecule has 1 amide bonds. The van der Waals surface area contributed by atoms with Gasteiger partial charge in [-0.3, -0.25) is 4.79 Å². The van der Waals surface area contributed by atoms with Crippen molar-refractivity contribution in [1.82, 2.24) is 5.32 Å². The summed E-state index contributed by atoms with van der Waals surface area (Å²) in [5.74, 6) is -0.173. The van der Waals surface area contributed by atoms with Crippen LogP contribution >= 0.6 is 0 Å². The Kier molecular flexibility index (Phi) is 46.9. The van der Waals surface area contributed by atoms with Crippen molar-refractivity contribution in [3.63, 3.8) is 0 Å². The van der Waals surface area contributed by atoms with Crippen LogP contribution in [0.5, 0.6) is 0 Å². The molecule has 1 rings (SSSR count). The smallest absolute Gasteiger partial charge is 0.220 e. The van der Waals surface area contributed by atoms with E-state index in [9.17, 15) is 30.3 Å². The van der Waals surface area contributed by atoms with E-state index >= 15 is 0 Å². The lowest BCUT2D eigenvalue weighted by molar-refractivity contribution is -0.302. The average Bonchev–Trinajstić information content (AvgIpc) is 3.34. The highest BCUT2D eigenvalue weighted by Gasteiger charge is 2.44. The van der Waals surface area contributed by atoms with Gasteiger partial charge >= 0.3 is 0 Å². The molecule has 0 radical (unpaired) electrons. The standard InChI is InChI=1S/C59H113NO8/c1-3-5-7-9-11-13-15-17-19-21-22-23-24-25-26-27-28-29-30-31-32-33-35-37-39-41-43-45-47-49-55(63)60-52(51-67-59-58(66)57(65)56(64)54(50-61)68-59)53(62)48-46-44-42-40-38-36-34-20-18-16-14-12-10-8-6-4-2/h25-26,46,48,52-54,56-59,61-62,64-66H,3-24,27-45,47,49-51H2,1-2H3,(H,60,63)/b26-25-,48-46+. The van der Waals surface area contributed by atoms with Gasteiger partial charge in [0.2, 0.25) is 5.91 Å². The largest absolute Gasteiger partial charge is 0.394 e. The molecule has 1 aliphatic heterocycles. The molecule has 7 atom stereocenters. The van der Waals surface area contributed by atoms with Gasteiger partial charge in [0.25, 0.3) is 0 Å². The van der Waals surface area contributed by atoms with Crippen molar-refractivity contribution in [2.24, 2.45) is 0 Å². The number of carbonyl (C=O) groups is 1. The Labute approximate surface area is 419 Å². The van der Waals surface area contributed by atoms with Crippen LogP contribution in [0.3, 0.4) is 0 Å². The van der Waals surface area contributed by atoms with Gasteiger partial charge in [-0.1, -0.05) is 263 Å². The van der Waals surface area contributed by atoms with Crippen molar-refractivity contribution in [3.8, 4) is 0 Å². The van der Waals surface area contributed by atoms with Crippen LogP contribution in [0, 0.1) is 0 Å². The molecular weight excluding hydrogens is 851 g/mol. The van der Waals surface area contributed by atoms with Crippen LogP contribution in [0.1, 0.15) is 290 Å². The van der Waals surface area contributed by atoms with Gasteiger partial charge in [-0.15, -0.1) is 0 Å². The molecule has 9 nitrogen and oxygen atoms in total. The zero-order valence-electron chi connectivity index (χ0n) is 44.6. The molecule has 402 valence electrons. The molecule has 1 heterocycles. The number of hydrogen-bond acceptors (Lipinski definition) is 8. The Bertz CT molecular complexity index is 1120. The number of rotatable bonds is 51. The highest BCUT2D eigenvalue weighted by molar-refractivity contribution is 5.76. The molecule has 0 spiro atoms. The van der Waals surface area contributed by atoms with E-state index in [2.05, 4.69) is 31.3 Å². The van der Waals surface area contributed by atoms with Gasteiger partial charge in [-0.05, 0) is 44.9 Å². The zero-order valence-corrected chi connectivity index (χ0v) is 44.6. The normalized spacial score (nSPS) is 19.7. The van der Waals surface area contributed by atoms with Crippen molar-refractivity contribution in [2.75, 3.05) is 13.2 Å². The third-order valence-electron chi connectivity index (χ3n) is 14.3. The van der Waals surface area contributed by atoms with E-state index in [-0.39, 0.29) is 12.5 Å². The van der Waals surface area contributed by atoms with E-state index in [4.69, 9.17) is 9.47 Å². The van der Waals surface area contributed by atoms with Crippen LogP contribution < -0.4 is 5.32 Å². The first-order valence-corrected chi connectivity index (χ1v) is 29.6. The summed E-state index contributed by atoms with van der Waals surface area (Å²) in [5, 5.41) is 54.5. The van der Waals surface area contributed by atoms with Crippen molar-refractivity contribution >= 4 is 5.91 Å². The van der Waals surface area contributed by atoms with E-state index in [0.717, 1.165) is 38.5 Å². The van der Waals surface area contributed by atoms with Gasteiger partial charge in [0.15, 0.2) is 6.29 Å². The number of nitrogens with one attached hydrogen (secondary N) is 1. The molecule has 0 aliphatic carbocycles. The minimum atomic E-state index is -1.56. The molecule has 0 aromatic heterocycles. The fourth-order valence-corrected chi connectivity index (χ4v) is 9.57. The predicted molar refractivity (Wildman–Crippen MR) is 286 cm³/mol.